The summed E-state index contributed by atoms with van der Waals surface area (Å²) in [4.78, 5) is 5.30. The Labute approximate surface area is 120 Å². The first-order valence-electron chi connectivity index (χ1n) is 6.27. The molecule has 7 heteroatoms. The lowest BCUT2D eigenvalue weighted by atomic mass is 10.1. The second-order valence-corrected chi connectivity index (χ2v) is 5.39. The zero-order valence-electron chi connectivity index (χ0n) is 11.0. The number of nitrogens with zero attached hydrogens (tertiary/aromatic N) is 5. The van der Waals surface area contributed by atoms with Crippen LogP contribution in [0.1, 0.15) is 23.4 Å². The van der Waals surface area contributed by atoms with Gasteiger partial charge in [0.2, 0.25) is 0 Å². The molecular formula is C13H14N6S. The maximum atomic E-state index is 4.07. The summed E-state index contributed by atoms with van der Waals surface area (Å²) in [5.41, 5.74) is 4.00. The Balaban J connectivity index is 1.71. The average molecular weight is 286 g/mol. The van der Waals surface area contributed by atoms with Crippen LogP contribution in [0, 0.1) is 0 Å². The summed E-state index contributed by atoms with van der Waals surface area (Å²) < 4.78 is 1.65. The van der Waals surface area contributed by atoms with Gasteiger partial charge in [-0.25, -0.2) is 4.68 Å². The van der Waals surface area contributed by atoms with Gasteiger partial charge in [0.25, 0.3) is 0 Å². The predicted octanol–water partition coefficient (Wildman–Crippen LogP) is 1.97. The van der Waals surface area contributed by atoms with E-state index in [9.17, 15) is 0 Å². The zero-order valence-corrected chi connectivity index (χ0v) is 11.8. The van der Waals surface area contributed by atoms with Crippen molar-refractivity contribution in [3.05, 3.63) is 52.7 Å². The Kier molecular flexibility index (Phi) is 3.80. The number of tetrazole rings is 1. The van der Waals surface area contributed by atoms with Gasteiger partial charge in [0, 0.05) is 23.7 Å². The van der Waals surface area contributed by atoms with Gasteiger partial charge in [0.15, 0.2) is 0 Å². The summed E-state index contributed by atoms with van der Waals surface area (Å²) in [6.07, 6.45) is 3.48. The van der Waals surface area contributed by atoms with Crippen molar-refractivity contribution in [2.24, 2.45) is 0 Å². The lowest BCUT2D eigenvalue weighted by Gasteiger charge is -2.14. The van der Waals surface area contributed by atoms with Crippen LogP contribution in [0.5, 0.6) is 0 Å². The SMILES string of the molecule is CC(NCc1cncs1)c1cccc(-n2cnnn2)c1. The fourth-order valence-electron chi connectivity index (χ4n) is 1.92. The van der Waals surface area contributed by atoms with Crippen molar-refractivity contribution in [2.75, 3.05) is 0 Å². The third-order valence-corrected chi connectivity index (χ3v) is 3.83. The number of hydrogen-bond acceptors (Lipinski definition) is 6. The van der Waals surface area contributed by atoms with E-state index in [0.717, 1.165) is 12.2 Å². The van der Waals surface area contributed by atoms with Crippen LogP contribution < -0.4 is 5.32 Å². The summed E-state index contributed by atoms with van der Waals surface area (Å²) in [6.45, 7) is 2.96. The molecule has 1 aromatic carbocycles. The van der Waals surface area contributed by atoms with E-state index in [0.29, 0.717) is 0 Å². The molecule has 2 heterocycles. The zero-order chi connectivity index (χ0) is 13.8. The molecule has 0 aliphatic carbocycles. The Bertz CT molecular complexity index is 649. The van der Waals surface area contributed by atoms with E-state index in [-0.39, 0.29) is 6.04 Å². The summed E-state index contributed by atoms with van der Waals surface area (Å²) >= 11 is 1.66. The minimum absolute atomic E-state index is 0.244. The van der Waals surface area contributed by atoms with Crippen LogP contribution in [0.25, 0.3) is 5.69 Å². The number of hydrogen-bond donors (Lipinski definition) is 1. The van der Waals surface area contributed by atoms with Crippen molar-refractivity contribution in [3.8, 4) is 5.69 Å². The van der Waals surface area contributed by atoms with Crippen LogP contribution in [0.3, 0.4) is 0 Å². The highest BCUT2D eigenvalue weighted by molar-refractivity contribution is 7.09. The Morgan fingerprint density at radius 3 is 3.10 bits per heavy atom. The molecule has 2 aromatic heterocycles. The average Bonchev–Trinajstić information content (AvgIpc) is 3.18. The van der Waals surface area contributed by atoms with Crippen LogP contribution in [-0.4, -0.2) is 25.2 Å². The van der Waals surface area contributed by atoms with E-state index in [1.165, 1.54) is 10.4 Å². The fraction of sp³-hybridized carbons (Fsp3) is 0.231. The third kappa shape index (κ3) is 2.89. The molecule has 3 rings (SSSR count). The number of aromatic nitrogens is 5. The molecular weight excluding hydrogens is 272 g/mol. The van der Waals surface area contributed by atoms with Crippen LogP contribution in [-0.2, 0) is 6.54 Å². The van der Waals surface area contributed by atoms with Gasteiger partial charge in [0.1, 0.15) is 6.33 Å². The van der Waals surface area contributed by atoms with E-state index >= 15 is 0 Å². The van der Waals surface area contributed by atoms with Gasteiger partial charge in [-0.15, -0.1) is 16.4 Å². The largest absolute Gasteiger partial charge is 0.305 e. The van der Waals surface area contributed by atoms with E-state index in [2.05, 4.69) is 44.9 Å². The van der Waals surface area contributed by atoms with Gasteiger partial charge in [-0.05, 0) is 35.0 Å². The number of nitrogens with one attached hydrogen (secondary N) is 1. The first-order valence-corrected chi connectivity index (χ1v) is 7.15. The molecule has 20 heavy (non-hydrogen) atoms. The second kappa shape index (κ2) is 5.89. The van der Waals surface area contributed by atoms with Crippen LogP contribution in [0.4, 0.5) is 0 Å². The number of rotatable bonds is 5. The molecule has 3 aromatic rings. The topological polar surface area (TPSA) is 68.5 Å². The van der Waals surface area contributed by atoms with Crippen molar-refractivity contribution >= 4 is 11.3 Å². The van der Waals surface area contributed by atoms with E-state index in [4.69, 9.17) is 0 Å². The van der Waals surface area contributed by atoms with Crippen molar-refractivity contribution in [1.29, 1.82) is 0 Å². The molecule has 0 amide bonds. The maximum absolute atomic E-state index is 4.07. The molecule has 0 bridgehead atoms. The Morgan fingerprint density at radius 1 is 1.40 bits per heavy atom. The minimum Gasteiger partial charge on any atom is -0.305 e. The highest BCUT2D eigenvalue weighted by Crippen LogP contribution is 2.17. The quantitative estimate of drug-likeness (QED) is 0.776. The molecule has 0 aliphatic heterocycles. The Morgan fingerprint density at radius 2 is 2.35 bits per heavy atom. The van der Waals surface area contributed by atoms with Gasteiger partial charge in [-0.3, -0.25) is 4.98 Å². The molecule has 0 saturated carbocycles. The standard InChI is InChI=1S/C13H14N6S/c1-10(15-7-13-6-14-9-20-13)11-3-2-4-12(5-11)19-8-16-17-18-19/h2-6,8-10,15H,7H2,1H3. The lowest BCUT2D eigenvalue weighted by Crippen LogP contribution is -2.17. The molecule has 102 valence electrons. The monoisotopic (exact) mass is 286 g/mol. The Hall–Kier alpha value is -2.12. The van der Waals surface area contributed by atoms with E-state index in [1.54, 1.807) is 22.3 Å². The molecule has 0 aliphatic rings. The molecule has 0 saturated heterocycles. The van der Waals surface area contributed by atoms with Crippen molar-refractivity contribution in [3.63, 3.8) is 0 Å². The normalized spacial score (nSPS) is 12.4. The number of benzene rings is 1. The molecule has 0 fully saturated rings. The predicted molar refractivity (Wildman–Crippen MR) is 76.5 cm³/mol. The van der Waals surface area contributed by atoms with Crippen molar-refractivity contribution < 1.29 is 0 Å². The fourth-order valence-corrected chi connectivity index (χ4v) is 2.46. The summed E-state index contributed by atoms with van der Waals surface area (Å²) in [7, 11) is 0. The van der Waals surface area contributed by atoms with Gasteiger partial charge in [-0.1, -0.05) is 12.1 Å². The molecule has 1 N–H and O–H groups in total. The highest BCUT2D eigenvalue weighted by atomic mass is 32.1. The van der Waals surface area contributed by atoms with Crippen LogP contribution in [0.15, 0.2) is 42.3 Å². The summed E-state index contributed by atoms with van der Waals surface area (Å²) in [6, 6.07) is 8.42. The molecule has 6 nitrogen and oxygen atoms in total. The first kappa shape index (κ1) is 12.9. The molecule has 1 unspecified atom stereocenters. The maximum Gasteiger partial charge on any atom is 0.143 e. The van der Waals surface area contributed by atoms with Gasteiger partial charge >= 0.3 is 0 Å². The van der Waals surface area contributed by atoms with Gasteiger partial charge in [0.05, 0.1) is 11.2 Å². The molecule has 1 atom stereocenters. The van der Waals surface area contributed by atoms with Crippen LogP contribution >= 0.6 is 11.3 Å². The molecule has 0 radical (unpaired) electrons. The van der Waals surface area contributed by atoms with Gasteiger partial charge in [-0.2, -0.15) is 0 Å². The highest BCUT2D eigenvalue weighted by Gasteiger charge is 2.07. The minimum atomic E-state index is 0.244. The van der Waals surface area contributed by atoms with Gasteiger partial charge < -0.3 is 5.32 Å². The third-order valence-electron chi connectivity index (χ3n) is 3.05. The second-order valence-electron chi connectivity index (χ2n) is 4.42. The summed E-state index contributed by atoms with van der Waals surface area (Å²) in [5.74, 6) is 0. The first-order chi connectivity index (χ1) is 9.83. The summed E-state index contributed by atoms with van der Waals surface area (Å²) in [5, 5.41) is 14.7. The van der Waals surface area contributed by atoms with Crippen molar-refractivity contribution in [1.82, 2.24) is 30.5 Å². The van der Waals surface area contributed by atoms with E-state index in [1.807, 2.05) is 23.8 Å². The van der Waals surface area contributed by atoms with E-state index < -0.39 is 0 Å². The van der Waals surface area contributed by atoms with Crippen LogP contribution in [0.2, 0.25) is 0 Å². The lowest BCUT2D eigenvalue weighted by molar-refractivity contribution is 0.578. The van der Waals surface area contributed by atoms with Crippen molar-refractivity contribution in [2.45, 2.75) is 19.5 Å². The number of thiazole rings is 1. The smallest absolute Gasteiger partial charge is 0.143 e. The molecule has 0 spiro atoms.